The number of benzene rings is 2. The second kappa shape index (κ2) is 7.78. The van der Waals surface area contributed by atoms with Gasteiger partial charge in [0.1, 0.15) is 5.75 Å². The monoisotopic (exact) mass is 376 g/mol. The van der Waals surface area contributed by atoms with E-state index < -0.39 is 11.8 Å². The Hall–Kier alpha value is -2.34. The van der Waals surface area contributed by atoms with Crippen molar-refractivity contribution in [2.75, 3.05) is 12.4 Å². The SMILES string of the molecule is COc1ccc(C(C)NC(=O)C(=O)Nc2cccc(Br)c2)cc1. The van der Waals surface area contributed by atoms with Gasteiger partial charge in [0.05, 0.1) is 13.2 Å². The molecule has 2 N–H and O–H groups in total. The predicted octanol–water partition coefficient (Wildman–Crippen LogP) is 3.27. The molecule has 6 heteroatoms. The highest BCUT2D eigenvalue weighted by molar-refractivity contribution is 9.10. The van der Waals surface area contributed by atoms with Gasteiger partial charge >= 0.3 is 11.8 Å². The molecule has 5 nitrogen and oxygen atoms in total. The van der Waals surface area contributed by atoms with Gasteiger partial charge in [-0.1, -0.05) is 34.1 Å². The summed E-state index contributed by atoms with van der Waals surface area (Å²) in [4.78, 5) is 23.9. The van der Waals surface area contributed by atoms with Crippen LogP contribution in [0.3, 0.4) is 0 Å². The maximum atomic E-state index is 12.0. The first-order valence-corrected chi connectivity index (χ1v) is 7.80. The number of anilines is 1. The maximum absolute atomic E-state index is 12.0. The summed E-state index contributed by atoms with van der Waals surface area (Å²) < 4.78 is 5.91. The highest BCUT2D eigenvalue weighted by Crippen LogP contribution is 2.18. The Morgan fingerprint density at radius 2 is 1.78 bits per heavy atom. The van der Waals surface area contributed by atoms with Crippen LogP contribution in [0.15, 0.2) is 53.0 Å². The van der Waals surface area contributed by atoms with Gasteiger partial charge in [0.2, 0.25) is 0 Å². The Morgan fingerprint density at radius 1 is 1.09 bits per heavy atom. The van der Waals surface area contributed by atoms with Crippen LogP contribution in [-0.2, 0) is 9.59 Å². The molecule has 0 heterocycles. The average Bonchev–Trinajstić information content (AvgIpc) is 2.54. The molecule has 0 aliphatic heterocycles. The van der Waals surface area contributed by atoms with E-state index in [1.165, 1.54) is 0 Å². The second-order valence-electron chi connectivity index (χ2n) is 4.93. The largest absolute Gasteiger partial charge is 0.497 e. The van der Waals surface area contributed by atoms with Gasteiger partial charge in [-0.15, -0.1) is 0 Å². The van der Waals surface area contributed by atoms with E-state index >= 15 is 0 Å². The smallest absolute Gasteiger partial charge is 0.313 e. The number of halogens is 1. The van der Waals surface area contributed by atoms with Crippen LogP contribution >= 0.6 is 15.9 Å². The summed E-state index contributed by atoms with van der Waals surface area (Å²) in [5, 5.41) is 5.22. The molecule has 0 saturated heterocycles. The maximum Gasteiger partial charge on any atom is 0.313 e. The topological polar surface area (TPSA) is 67.4 Å². The molecule has 0 aliphatic carbocycles. The molecule has 2 amide bonds. The summed E-state index contributed by atoms with van der Waals surface area (Å²) in [6.45, 7) is 1.81. The van der Waals surface area contributed by atoms with Crippen molar-refractivity contribution in [2.24, 2.45) is 0 Å². The van der Waals surface area contributed by atoms with E-state index in [-0.39, 0.29) is 6.04 Å². The summed E-state index contributed by atoms with van der Waals surface area (Å²) in [6.07, 6.45) is 0. The Morgan fingerprint density at radius 3 is 2.39 bits per heavy atom. The number of carbonyl (C=O) groups excluding carboxylic acids is 2. The van der Waals surface area contributed by atoms with Crippen molar-refractivity contribution >= 4 is 33.4 Å². The molecule has 0 bridgehead atoms. The number of nitrogens with one attached hydrogen (secondary N) is 2. The molecule has 0 aromatic heterocycles. The number of hydrogen-bond donors (Lipinski definition) is 2. The van der Waals surface area contributed by atoms with Gasteiger partial charge in [0.25, 0.3) is 0 Å². The Kier molecular flexibility index (Phi) is 5.76. The summed E-state index contributed by atoms with van der Waals surface area (Å²) in [6, 6.07) is 14.0. The van der Waals surface area contributed by atoms with Crippen molar-refractivity contribution in [1.29, 1.82) is 0 Å². The fourth-order valence-electron chi connectivity index (χ4n) is 1.99. The third-order valence-electron chi connectivity index (χ3n) is 3.25. The Balaban J connectivity index is 1.95. The van der Waals surface area contributed by atoms with Gasteiger partial charge in [-0.3, -0.25) is 9.59 Å². The highest BCUT2D eigenvalue weighted by atomic mass is 79.9. The van der Waals surface area contributed by atoms with Crippen LogP contribution in [0.5, 0.6) is 5.75 Å². The minimum absolute atomic E-state index is 0.290. The lowest BCUT2D eigenvalue weighted by atomic mass is 10.1. The summed E-state index contributed by atoms with van der Waals surface area (Å²) in [7, 11) is 1.59. The number of amides is 2. The van der Waals surface area contributed by atoms with Crippen molar-refractivity contribution in [3.63, 3.8) is 0 Å². The summed E-state index contributed by atoms with van der Waals surface area (Å²) in [5.74, 6) is -0.656. The zero-order chi connectivity index (χ0) is 16.8. The number of hydrogen-bond acceptors (Lipinski definition) is 3. The first kappa shape index (κ1) is 17.0. The van der Waals surface area contributed by atoms with Gasteiger partial charge < -0.3 is 15.4 Å². The molecular weight excluding hydrogens is 360 g/mol. The number of rotatable bonds is 4. The number of methoxy groups -OCH3 is 1. The normalized spacial score (nSPS) is 11.4. The van der Waals surface area contributed by atoms with Gasteiger partial charge in [0, 0.05) is 10.2 Å². The van der Waals surface area contributed by atoms with Crippen molar-refractivity contribution in [3.05, 3.63) is 58.6 Å². The van der Waals surface area contributed by atoms with E-state index in [2.05, 4.69) is 26.6 Å². The quantitative estimate of drug-likeness (QED) is 0.804. The second-order valence-corrected chi connectivity index (χ2v) is 5.85. The van der Waals surface area contributed by atoms with Crippen molar-refractivity contribution < 1.29 is 14.3 Å². The lowest BCUT2D eigenvalue weighted by Gasteiger charge is -2.14. The third kappa shape index (κ3) is 4.82. The molecule has 0 spiro atoms. The van der Waals surface area contributed by atoms with Gasteiger partial charge in [-0.25, -0.2) is 0 Å². The average molecular weight is 377 g/mol. The van der Waals surface area contributed by atoms with Crippen molar-refractivity contribution in [1.82, 2.24) is 5.32 Å². The van der Waals surface area contributed by atoms with E-state index in [1.807, 2.05) is 25.1 Å². The van der Waals surface area contributed by atoms with E-state index in [1.54, 1.807) is 37.4 Å². The zero-order valence-electron chi connectivity index (χ0n) is 12.8. The van der Waals surface area contributed by atoms with E-state index in [9.17, 15) is 9.59 Å². The molecule has 1 atom stereocenters. The van der Waals surface area contributed by atoms with Gasteiger partial charge in [-0.05, 0) is 42.8 Å². The summed E-state index contributed by atoms with van der Waals surface area (Å²) >= 11 is 3.31. The molecule has 1 unspecified atom stereocenters. The minimum atomic E-state index is -0.705. The van der Waals surface area contributed by atoms with Crippen LogP contribution in [0.25, 0.3) is 0 Å². The molecule has 0 saturated carbocycles. The molecular formula is C17H17BrN2O3. The standard InChI is InChI=1S/C17H17BrN2O3/c1-11(12-6-8-15(23-2)9-7-12)19-16(21)17(22)20-14-5-3-4-13(18)10-14/h3-11H,1-2H3,(H,19,21)(H,20,22). The van der Waals surface area contributed by atoms with Crippen molar-refractivity contribution in [2.45, 2.75) is 13.0 Å². The van der Waals surface area contributed by atoms with Crippen LogP contribution in [0, 0.1) is 0 Å². The number of ether oxygens (including phenoxy) is 1. The van der Waals surface area contributed by atoms with E-state index in [4.69, 9.17) is 4.74 Å². The molecule has 0 fully saturated rings. The van der Waals surface area contributed by atoms with Gasteiger partial charge in [-0.2, -0.15) is 0 Å². The molecule has 2 aromatic carbocycles. The first-order chi connectivity index (χ1) is 11.0. The first-order valence-electron chi connectivity index (χ1n) is 7.01. The molecule has 2 aromatic rings. The number of carbonyl (C=O) groups is 2. The van der Waals surface area contributed by atoms with Crippen LogP contribution < -0.4 is 15.4 Å². The Labute approximate surface area is 143 Å². The predicted molar refractivity (Wildman–Crippen MR) is 92.3 cm³/mol. The van der Waals surface area contributed by atoms with Crippen LogP contribution in [0.4, 0.5) is 5.69 Å². The fraction of sp³-hybridized carbons (Fsp3) is 0.176. The minimum Gasteiger partial charge on any atom is -0.497 e. The third-order valence-corrected chi connectivity index (χ3v) is 3.75. The lowest BCUT2D eigenvalue weighted by Crippen LogP contribution is -2.36. The molecule has 2 rings (SSSR count). The zero-order valence-corrected chi connectivity index (χ0v) is 14.4. The fourth-order valence-corrected chi connectivity index (χ4v) is 2.39. The molecule has 0 radical (unpaired) electrons. The van der Waals surface area contributed by atoms with E-state index in [0.29, 0.717) is 5.69 Å². The van der Waals surface area contributed by atoms with Crippen LogP contribution in [0.2, 0.25) is 0 Å². The van der Waals surface area contributed by atoms with Gasteiger partial charge in [0.15, 0.2) is 0 Å². The van der Waals surface area contributed by atoms with Crippen LogP contribution in [-0.4, -0.2) is 18.9 Å². The highest BCUT2D eigenvalue weighted by Gasteiger charge is 2.17. The van der Waals surface area contributed by atoms with Crippen molar-refractivity contribution in [3.8, 4) is 5.75 Å². The molecule has 23 heavy (non-hydrogen) atoms. The molecule has 120 valence electrons. The van der Waals surface area contributed by atoms with E-state index in [0.717, 1.165) is 15.8 Å². The Bertz CT molecular complexity index is 701. The summed E-state index contributed by atoms with van der Waals surface area (Å²) in [5.41, 5.74) is 1.44. The lowest BCUT2D eigenvalue weighted by molar-refractivity contribution is -0.136. The van der Waals surface area contributed by atoms with Crippen LogP contribution in [0.1, 0.15) is 18.5 Å². The molecule has 0 aliphatic rings.